The molecule has 0 aliphatic rings. The molecule has 1 atom stereocenters. The summed E-state index contributed by atoms with van der Waals surface area (Å²) < 4.78 is 5.31. The lowest BCUT2D eigenvalue weighted by atomic mass is 10.1. The maximum absolute atomic E-state index is 11.6. The fraction of sp³-hybridized carbons (Fsp3) is 0.429. The van der Waals surface area contributed by atoms with Crippen molar-refractivity contribution in [3.05, 3.63) is 29.8 Å². The second-order valence-electron chi connectivity index (χ2n) is 4.24. The zero-order valence-corrected chi connectivity index (χ0v) is 11.5. The lowest BCUT2D eigenvalue weighted by molar-refractivity contribution is 0.0780. The molecule has 19 heavy (non-hydrogen) atoms. The fourth-order valence-electron chi connectivity index (χ4n) is 1.57. The minimum absolute atomic E-state index is 0.0284. The number of amides is 2. The van der Waals surface area contributed by atoms with Crippen LogP contribution in [0, 0.1) is 0 Å². The molecule has 1 rings (SSSR count). The maximum atomic E-state index is 11.6. The van der Waals surface area contributed by atoms with Crippen molar-refractivity contribution in [1.29, 1.82) is 0 Å². The molecule has 0 radical (unpaired) electrons. The summed E-state index contributed by atoms with van der Waals surface area (Å²) in [6.07, 6.45) is -0.0284. The van der Waals surface area contributed by atoms with Crippen LogP contribution in [-0.2, 0) is 4.74 Å². The van der Waals surface area contributed by atoms with Crippen molar-refractivity contribution in [3.8, 4) is 0 Å². The minimum Gasteiger partial charge on any atom is -0.377 e. The number of hydrogen-bond acceptors (Lipinski definition) is 3. The first-order valence-electron chi connectivity index (χ1n) is 6.30. The van der Waals surface area contributed by atoms with E-state index in [-0.39, 0.29) is 17.9 Å². The molecule has 0 fully saturated rings. The fourth-order valence-corrected chi connectivity index (χ4v) is 1.57. The number of ether oxygens (including phenoxy) is 1. The van der Waals surface area contributed by atoms with Crippen molar-refractivity contribution in [3.63, 3.8) is 0 Å². The second kappa shape index (κ2) is 7.53. The van der Waals surface area contributed by atoms with Crippen LogP contribution in [-0.4, -0.2) is 31.1 Å². The number of carbonyl (C=O) groups excluding carboxylic acids is 2. The topological polar surface area (TPSA) is 67.4 Å². The van der Waals surface area contributed by atoms with Gasteiger partial charge in [-0.2, -0.15) is 0 Å². The summed E-state index contributed by atoms with van der Waals surface area (Å²) in [5.74, 6) is -0.0333. The van der Waals surface area contributed by atoms with Gasteiger partial charge in [-0.3, -0.25) is 4.79 Å². The van der Waals surface area contributed by atoms with Gasteiger partial charge in [-0.1, -0.05) is 12.1 Å². The van der Waals surface area contributed by atoms with Gasteiger partial charge in [0, 0.05) is 24.4 Å². The Morgan fingerprint density at radius 1 is 1.37 bits per heavy atom. The Balaban J connectivity index is 2.48. The van der Waals surface area contributed by atoms with Crippen LogP contribution in [0.15, 0.2) is 24.3 Å². The molecule has 0 aromatic heterocycles. The van der Waals surface area contributed by atoms with Gasteiger partial charge in [0.25, 0.3) is 0 Å². The van der Waals surface area contributed by atoms with Gasteiger partial charge >= 0.3 is 6.03 Å². The van der Waals surface area contributed by atoms with E-state index < -0.39 is 0 Å². The van der Waals surface area contributed by atoms with Gasteiger partial charge in [-0.25, -0.2) is 4.79 Å². The van der Waals surface area contributed by atoms with E-state index in [0.29, 0.717) is 24.4 Å². The summed E-state index contributed by atoms with van der Waals surface area (Å²) in [5, 5.41) is 5.38. The first-order valence-corrected chi connectivity index (χ1v) is 6.30. The highest BCUT2D eigenvalue weighted by Crippen LogP contribution is 2.10. The number of carbonyl (C=O) groups is 2. The number of hydrogen-bond donors (Lipinski definition) is 2. The summed E-state index contributed by atoms with van der Waals surface area (Å²) in [4.78, 5) is 22.9. The third-order valence-corrected chi connectivity index (χ3v) is 2.53. The lowest BCUT2D eigenvalue weighted by Gasteiger charge is -2.13. The third-order valence-electron chi connectivity index (χ3n) is 2.53. The van der Waals surface area contributed by atoms with Crippen LogP contribution in [0.1, 0.15) is 31.1 Å². The maximum Gasteiger partial charge on any atom is 0.319 e. The van der Waals surface area contributed by atoms with Crippen LogP contribution in [0.3, 0.4) is 0 Å². The van der Waals surface area contributed by atoms with Gasteiger partial charge in [0.2, 0.25) is 0 Å². The highest BCUT2D eigenvalue weighted by molar-refractivity contribution is 5.96. The second-order valence-corrected chi connectivity index (χ2v) is 4.24. The molecule has 1 aromatic rings. The van der Waals surface area contributed by atoms with Crippen LogP contribution in [0.4, 0.5) is 10.5 Å². The molecule has 0 bridgehead atoms. The predicted octanol–water partition coefficient (Wildman–Crippen LogP) is 2.44. The van der Waals surface area contributed by atoms with Crippen molar-refractivity contribution < 1.29 is 14.3 Å². The van der Waals surface area contributed by atoms with Gasteiger partial charge < -0.3 is 15.4 Å². The number of ketones is 1. The van der Waals surface area contributed by atoms with E-state index >= 15 is 0 Å². The Bertz CT molecular complexity index is 446. The van der Waals surface area contributed by atoms with E-state index in [9.17, 15) is 9.59 Å². The van der Waals surface area contributed by atoms with Gasteiger partial charge in [-0.05, 0) is 32.9 Å². The Hall–Kier alpha value is -1.88. The van der Waals surface area contributed by atoms with Crippen molar-refractivity contribution in [2.75, 3.05) is 18.5 Å². The Morgan fingerprint density at radius 3 is 2.74 bits per heavy atom. The highest BCUT2D eigenvalue weighted by Gasteiger charge is 2.06. The number of Topliss-reactive ketones (excluding diaryl/α,β-unsaturated/α-hetero) is 1. The Labute approximate surface area is 113 Å². The average Bonchev–Trinajstić information content (AvgIpc) is 2.37. The van der Waals surface area contributed by atoms with Crippen molar-refractivity contribution in [2.45, 2.75) is 26.9 Å². The summed E-state index contributed by atoms with van der Waals surface area (Å²) in [5.41, 5.74) is 1.16. The zero-order chi connectivity index (χ0) is 14.3. The molecule has 2 N–H and O–H groups in total. The first-order chi connectivity index (χ1) is 9.02. The zero-order valence-electron chi connectivity index (χ0n) is 11.5. The highest BCUT2D eigenvalue weighted by atomic mass is 16.5. The van der Waals surface area contributed by atoms with Crippen molar-refractivity contribution in [1.82, 2.24) is 5.32 Å². The molecule has 0 aliphatic carbocycles. The SMILES string of the molecule is CCOC(C)CNC(=O)Nc1cccc(C(C)=O)c1. The molecule has 5 nitrogen and oxygen atoms in total. The summed E-state index contributed by atoms with van der Waals surface area (Å²) in [7, 11) is 0. The molecule has 5 heteroatoms. The molecule has 0 heterocycles. The van der Waals surface area contributed by atoms with Gasteiger partial charge in [0.05, 0.1) is 6.10 Å². The van der Waals surface area contributed by atoms with Gasteiger partial charge in [-0.15, -0.1) is 0 Å². The van der Waals surface area contributed by atoms with E-state index in [0.717, 1.165) is 0 Å². The smallest absolute Gasteiger partial charge is 0.319 e. The molecular formula is C14H20N2O3. The van der Waals surface area contributed by atoms with Crippen LogP contribution < -0.4 is 10.6 Å². The van der Waals surface area contributed by atoms with E-state index in [1.807, 2.05) is 13.8 Å². The van der Waals surface area contributed by atoms with Crippen molar-refractivity contribution >= 4 is 17.5 Å². The largest absolute Gasteiger partial charge is 0.377 e. The molecule has 104 valence electrons. The molecule has 1 unspecified atom stereocenters. The van der Waals surface area contributed by atoms with Crippen LogP contribution in [0.2, 0.25) is 0 Å². The molecule has 0 aliphatic heterocycles. The summed E-state index contributed by atoms with van der Waals surface area (Å²) in [6, 6.07) is 6.51. The first kappa shape index (κ1) is 15.2. The third kappa shape index (κ3) is 5.52. The van der Waals surface area contributed by atoms with Gasteiger partial charge in [0.1, 0.15) is 0 Å². The van der Waals surface area contributed by atoms with E-state index in [2.05, 4.69) is 10.6 Å². The van der Waals surface area contributed by atoms with Crippen molar-refractivity contribution in [2.24, 2.45) is 0 Å². The van der Waals surface area contributed by atoms with Crippen LogP contribution in [0.25, 0.3) is 0 Å². The summed E-state index contributed by atoms with van der Waals surface area (Å²) >= 11 is 0. The number of anilines is 1. The van der Waals surface area contributed by atoms with E-state index in [1.54, 1.807) is 24.3 Å². The summed E-state index contributed by atoms with van der Waals surface area (Å²) in [6.45, 7) is 6.34. The number of nitrogens with one attached hydrogen (secondary N) is 2. The van der Waals surface area contributed by atoms with Gasteiger partial charge in [0.15, 0.2) is 5.78 Å². The normalized spacial score (nSPS) is 11.7. The monoisotopic (exact) mass is 264 g/mol. The van der Waals surface area contributed by atoms with E-state index in [4.69, 9.17) is 4.74 Å². The molecule has 1 aromatic carbocycles. The lowest BCUT2D eigenvalue weighted by Crippen LogP contribution is -2.35. The number of urea groups is 1. The minimum atomic E-state index is -0.313. The standard InChI is InChI=1S/C14H20N2O3/c1-4-19-10(2)9-15-14(18)16-13-7-5-6-12(8-13)11(3)17/h5-8,10H,4,9H2,1-3H3,(H2,15,16,18). The molecule has 0 saturated carbocycles. The molecule has 2 amide bonds. The molecular weight excluding hydrogens is 244 g/mol. The predicted molar refractivity (Wildman–Crippen MR) is 74.6 cm³/mol. The molecule has 0 spiro atoms. The van der Waals surface area contributed by atoms with Crippen LogP contribution >= 0.6 is 0 Å². The van der Waals surface area contributed by atoms with E-state index in [1.165, 1.54) is 6.92 Å². The number of rotatable bonds is 6. The van der Waals surface area contributed by atoms with Crippen LogP contribution in [0.5, 0.6) is 0 Å². The Morgan fingerprint density at radius 2 is 2.11 bits per heavy atom. The quantitative estimate of drug-likeness (QED) is 0.775. The average molecular weight is 264 g/mol. The number of benzene rings is 1. The Kier molecular flexibility index (Phi) is 6.02. The molecule has 0 saturated heterocycles.